The molecule has 21 heavy (non-hydrogen) atoms. The van der Waals surface area contributed by atoms with E-state index < -0.39 is 5.54 Å². The molecule has 2 saturated heterocycles. The van der Waals surface area contributed by atoms with Crippen molar-refractivity contribution in [3.8, 4) is 0 Å². The van der Waals surface area contributed by atoms with Gasteiger partial charge in [0.2, 0.25) is 0 Å². The lowest BCUT2D eigenvalue weighted by Gasteiger charge is -2.48. The number of methoxy groups -OCH3 is 1. The van der Waals surface area contributed by atoms with Gasteiger partial charge in [-0.2, -0.15) is 0 Å². The molecule has 0 aromatic heterocycles. The number of carbonyl (C=O) groups excluding carboxylic acids is 2. The summed E-state index contributed by atoms with van der Waals surface area (Å²) in [6, 6.07) is 0.00813. The number of hydrogen-bond acceptors (Lipinski definition) is 5. The highest BCUT2D eigenvalue weighted by Gasteiger charge is 2.48. The van der Waals surface area contributed by atoms with Gasteiger partial charge in [0.1, 0.15) is 5.54 Å². The lowest BCUT2D eigenvalue weighted by Crippen LogP contribution is -2.64. The fourth-order valence-electron chi connectivity index (χ4n) is 3.28. The number of likely N-dealkylation sites (tertiary alicyclic amines) is 1. The summed E-state index contributed by atoms with van der Waals surface area (Å²) in [5, 5.41) is 3.30. The van der Waals surface area contributed by atoms with Crippen molar-refractivity contribution >= 4 is 12.0 Å². The number of esters is 1. The predicted octanol–water partition coefficient (Wildman–Crippen LogP) is -0.419. The molecule has 0 radical (unpaired) electrons. The van der Waals surface area contributed by atoms with Crippen molar-refractivity contribution in [3.05, 3.63) is 0 Å². The quantitative estimate of drug-likeness (QED) is 0.702. The Kier molecular flexibility index (Phi) is 5.05. The van der Waals surface area contributed by atoms with Gasteiger partial charge in [-0.05, 0) is 12.8 Å². The van der Waals surface area contributed by atoms with Gasteiger partial charge in [0.05, 0.1) is 7.11 Å². The smallest absolute Gasteiger partial charge is 0.326 e. The van der Waals surface area contributed by atoms with Gasteiger partial charge in [-0.1, -0.05) is 0 Å². The first kappa shape index (κ1) is 16.0. The van der Waals surface area contributed by atoms with Crippen LogP contribution in [0.2, 0.25) is 0 Å². The van der Waals surface area contributed by atoms with E-state index in [-0.39, 0.29) is 12.0 Å². The molecule has 0 unspecified atom stereocenters. The fourth-order valence-corrected chi connectivity index (χ4v) is 3.28. The molecule has 0 aromatic rings. The van der Waals surface area contributed by atoms with E-state index in [4.69, 9.17) is 4.74 Å². The van der Waals surface area contributed by atoms with Crippen LogP contribution < -0.4 is 5.32 Å². The highest BCUT2D eigenvalue weighted by Crippen LogP contribution is 2.31. The van der Waals surface area contributed by atoms with Gasteiger partial charge in [0.25, 0.3) is 0 Å². The number of ether oxygens (including phenoxy) is 1. The van der Waals surface area contributed by atoms with Crippen molar-refractivity contribution in [3.63, 3.8) is 0 Å². The van der Waals surface area contributed by atoms with Gasteiger partial charge in [-0.15, -0.1) is 0 Å². The highest BCUT2D eigenvalue weighted by molar-refractivity contribution is 5.82. The van der Waals surface area contributed by atoms with Gasteiger partial charge in [0.15, 0.2) is 0 Å². The van der Waals surface area contributed by atoms with Crippen molar-refractivity contribution in [2.75, 3.05) is 60.5 Å². The minimum atomic E-state index is -0.570. The SMILES string of the molecule is COC(=O)C1(N2CCNCC2)CCN(C(=O)N(C)C)CC1. The number of nitrogens with one attached hydrogen (secondary N) is 1. The Morgan fingerprint density at radius 3 is 2.14 bits per heavy atom. The molecule has 2 fully saturated rings. The van der Waals surface area contributed by atoms with Crippen LogP contribution in [0.15, 0.2) is 0 Å². The topological polar surface area (TPSA) is 65.1 Å². The number of hydrogen-bond donors (Lipinski definition) is 1. The number of carbonyl (C=O) groups is 2. The monoisotopic (exact) mass is 298 g/mol. The van der Waals surface area contributed by atoms with Crippen molar-refractivity contribution < 1.29 is 14.3 Å². The summed E-state index contributed by atoms with van der Waals surface area (Å²) >= 11 is 0. The molecule has 0 aromatic carbocycles. The summed E-state index contributed by atoms with van der Waals surface area (Å²) in [4.78, 5) is 30.1. The summed E-state index contributed by atoms with van der Waals surface area (Å²) in [5.41, 5.74) is -0.570. The predicted molar refractivity (Wildman–Crippen MR) is 79.1 cm³/mol. The van der Waals surface area contributed by atoms with E-state index in [9.17, 15) is 9.59 Å². The van der Waals surface area contributed by atoms with Gasteiger partial charge in [-0.25, -0.2) is 4.79 Å². The largest absolute Gasteiger partial charge is 0.468 e. The summed E-state index contributed by atoms with van der Waals surface area (Å²) in [6.45, 7) is 4.65. The molecule has 2 aliphatic heterocycles. The molecule has 2 aliphatic rings. The summed E-state index contributed by atoms with van der Waals surface area (Å²) in [7, 11) is 4.95. The molecule has 2 heterocycles. The van der Waals surface area contributed by atoms with E-state index in [1.54, 1.807) is 19.0 Å². The Hall–Kier alpha value is -1.34. The second kappa shape index (κ2) is 6.62. The van der Waals surface area contributed by atoms with Crippen LogP contribution >= 0.6 is 0 Å². The third-order valence-electron chi connectivity index (χ3n) is 4.53. The van der Waals surface area contributed by atoms with Crippen LogP contribution in [0.4, 0.5) is 4.79 Å². The Morgan fingerprint density at radius 2 is 1.67 bits per heavy atom. The third-order valence-corrected chi connectivity index (χ3v) is 4.53. The Labute approximate surface area is 126 Å². The molecule has 0 atom stereocenters. The van der Waals surface area contributed by atoms with Crippen molar-refractivity contribution in [1.29, 1.82) is 0 Å². The summed E-state index contributed by atoms with van der Waals surface area (Å²) < 4.78 is 5.07. The Morgan fingerprint density at radius 1 is 1.10 bits per heavy atom. The summed E-state index contributed by atoms with van der Waals surface area (Å²) in [5.74, 6) is -0.165. The van der Waals surface area contributed by atoms with Gasteiger partial charge in [-0.3, -0.25) is 9.69 Å². The van der Waals surface area contributed by atoms with Crippen LogP contribution in [0.25, 0.3) is 0 Å². The molecule has 0 saturated carbocycles. The first-order valence-corrected chi connectivity index (χ1v) is 7.51. The van der Waals surface area contributed by atoms with Crippen LogP contribution in [0.3, 0.4) is 0 Å². The minimum Gasteiger partial charge on any atom is -0.468 e. The van der Waals surface area contributed by atoms with Crippen molar-refractivity contribution in [1.82, 2.24) is 20.0 Å². The number of amides is 2. The molecule has 0 bridgehead atoms. The molecule has 2 amide bonds. The first-order chi connectivity index (χ1) is 10.0. The maximum atomic E-state index is 12.4. The van der Waals surface area contributed by atoms with E-state index in [2.05, 4.69) is 10.2 Å². The molecule has 1 N–H and O–H groups in total. The fraction of sp³-hybridized carbons (Fsp3) is 0.857. The maximum absolute atomic E-state index is 12.4. The van der Waals surface area contributed by atoms with Gasteiger partial charge >= 0.3 is 12.0 Å². The standard InChI is InChI=1S/C14H26N4O3/c1-16(2)13(20)17-8-4-14(5-9-17,12(19)21-3)18-10-6-15-7-11-18/h15H,4-11H2,1-3H3. The molecule has 120 valence electrons. The van der Waals surface area contributed by atoms with Gasteiger partial charge in [0, 0.05) is 53.4 Å². The second-order valence-corrected chi connectivity index (χ2v) is 5.92. The Balaban J connectivity index is 2.10. The number of urea groups is 1. The van der Waals surface area contributed by atoms with Crippen molar-refractivity contribution in [2.45, 2.75) is 18.4 Å². The van der Waals surface area contributed by atoms with E-state index in [1.807, 2.05) is 4.90 Å². The molecular weight excluding hydrogens is 272 g/mol. The van der Waals surface area contributed by atoms with Crippen LogP contribution in [0, 0.1) is 0 Å². The second-order valence-electron chi connectivity index (χ2n) is 5.92. The normalized spacial score (nSPS) is 22.7. The lowest BCUT2D eigenvalue weighted by molar-refractivity contribution is -0.159. The molecule has 7 nitrogen and oxygen atoms in total. The zero-order valence-electron chi connectivity index (χ0n) is 13.2. The Bertz CT molecular complexity index is 386. The van der Waals surface area contributed by atoms with E-state index >= 15 is 0 Å². The minimum absolute atomic E-state index is 0.00813. The van der Waals surface area contributed by atoms with Crippen LogP contribution in [0.5, 0.6) is 0 Å². The number of piperidine rings is 1. The number of piperazine rings is 1. The van der Waals surface area contributed by atoms with Crippen LogP contribution in [-0.2, 0) is 9.53 Å². The lowest BCUT2D eigenvalue weighted by atomic mass is 9.85. The first-order valence-electron chi connectivity index (χ1n) is 7.51. The number of rotatable bonds is 2. The number of nitrogens with zero attached hydrogens (tertiary/aromatic N) is 3. The van der Waals surface area contributed by atoms with Crippen LogP contribution in [-0.4, -0.2) is 92.7 Å². The molecule has 2 rings (SSSR count). The van der Waals surface area contributed by atoms with E-state index in [0.717, 1.165) is 26.2 Å². The van der Waals surface area contributed by atoms with Crippen molar-refractivity contribution in [2.24, 2.45) is 0 Å². The molecule has 7 heteroatoms. The van der Waals surface area contributed by atoms with E-state index in [1.165, 1.54) is 7.11 Å². The van der Waals surface area contributed by atoms with E-state index in [0.29, 0.717) is 25.9 Å². The average molecular weight is 298 g/mol. The molecule has 0 spiro atoms. The molecular formula is C14H26N4O3. The van der Waals surface area contributed by atoms with Gasteiger partial charge < -0.3 is 19.9 Å². The molecule has 0 aliphatic carbocycles. The highest BCUT2D eigenvalue weighted by atomic mass is 16.5. The van der Waals surface area contributed by atoms with Crippen LogP contribution in [0.1, 0.15) is 12.8 Å². The summed E-state index contributed by atoms with van der Waals surface area (Å²) in [6.07, 6.45) is 1.28. The average Bonchev–Trinajstić information content (AvgIpc) is 2.54. The zero-order chi connectivity index (χ0) is 15.5. The zero-order valence-corrected chi connectivity index (χ0v) is 13.2. The maximum Gasteiger partial charge on any atom is 0.326 e. The third kappa shape index (κ3) is 3.13.